The Morgan fingerprint density at radius 2 is 1.84 bits per heavy atom. The van der Waals surface area contributed by atoms with Gasteiger partial charge < -0.3 is 9.84 Å². The van der Waals surface area contributed by atoms with Gasteiger partial charge in [-0.2, -0.15) is 0 Å². The molecule has 0 amide bonds. The number of piperidine rings is 1. The molecule has 2 rings (SSSR count). The number of nitrogens with zero attached hydrogens (tertiary/aromatic N) is 1. The molecule has 5 heteroatoms. The number of phenolic OH excluding ortho intramolecular Hbond substituents is 1. The van der Waals surface area contributed by atoms with Crippen LogP contribution in [0.1, 0.15) is 25.3 Å². The maximum absolute atomic E-state index is 9.71. The van der Waals surface area contributed by atoms with E-state index in [4.69, 9.17) is 4.74 Å². The molecule has 0 unspecified atom stereocenters. The molecule has 1 saturated heterocycles. The maximum Gasteiger partial charge on any atom is 0.143 e. The summed E-state index contributed by atoms with van der Waals surface area (Å²) in [6, 6.07) is 3.96. The molecule has 0 atom stereocenters. The molecule has 0 radical (unpaired) electrons. The summed E-state index contributed by atoms with van der Waals surface area (Å²) in [5, 5.41) is 9.71. The van der Waals surface area contributed by atoms with E-state index < -0.39 is 0 Å². The van der Waals surface area contributed by atoms with Crippen molar-refractivity contribution in [1.29, 1.82) is 0 Å². The zero-order valence-electron chi connectivity index (χ0n) is 11.0. The fourth-order valence-corrected chi connectivity index (χ4v) is 3.72. The van der Waals surface area contributed by atoms with Crippen LogP contribution in [-0.2, 0) is 11.3 Å². The number of phenols is 1. The number of aromatic hydroxyl groups is 1. The maximum atomic E-state index is 9.71. The highest BCUT2D eigenvalue weighted by Gasteiger charge is 2.19. The molecule has 19 heavy (non-hydrogen) atoms. The van der Waals surface area contributed by atoms with E-state index in [-0.39, 0.29) is 5.75 Å². The molecule has 1 N–H and O–H groups in total. The quantitative estimate of drug-likeness (QED) is 0.842. The van der Waals surface area contributed by atoms with Gasteiger partial charge in [0.25, 0.3) is 0 Å². The number of rotatable bonds is 4. The first kappa shape index (κ1) is 15.3. The minimum Gasteiger partial charge on any atom is -0.506 e. The lowest BCUT2D eigenvalue weighted by Gasteiger charge is -2.31. The Labute approximate surface area is 131 Å². The van der Waals surface area contributed by atoms with E-state index in [0.717, 1.165) is 48.0 Å². The van der Waals surface area contributed by atoms with Crippen molar-refractivity contribution in [2.75, 3.05) is 19.7 Å². The van der Waals surface area contributed by atoms with Crippen molar-refractivity contribution in [2.45, 2.75) is 32.4 Å². The first-order valence-corrected chi connectivity index (χ1v) is 8.19. The summed E-state index contributed by atoms with van der Waals surface area (Å²) < 4.78 is 7.13. The molecule has 106 valence electrons. The molecule has 1 aromatic carbocycles. The SMILES string of the molecule is CCOC1CCN(Cc2cc(Br)c(O)c(Br)c2)CC1. The summed E-state index contributed by atoms with van der Waals surface area (Å²) in [6.45, 7) is 5.91. The van der Waals surface area contributed by atoms with Crippen molar-refractivity contribution in [3.8, 4) is 5.75 Å². The summed E-state index contributed by atoms with van der Waals surface area (Å²) in [5.41, 5.74) is 1.20. The molecule has 1 aliphatic heterocycles. The topological polar surface area (TPSA) is 32.7 Å². The second-order valence-corrected chi connectivity index (χ2v) is 6.55. The zero-order valence-corrected chi connectivity index (χ0v) is 14.2. The van der Waals surface area contributed by atoms with E-state index >= 15 is 0 Å². The van der Waals surface area contributed by atoms with Crippen LogP contribution in [0, 0.1) is 0 Å². The van der Waals surface area contributed by atoms with E-state index in [2.05, 4.69) is 43.7 Å². The van der Waals surface area contributed by atoms with E-state index in [0.29, 0.717) is 6.10 Å². The number of halogens is 2. The highest BCUT2D eigenvalue weighted by molar-refractivity contribution is 9.11. The van der Waals surface area contributed by atoms with Crippen LogP contribution in [0.3, 0.4) is 0 Å². The number of hydrogen-bond donors (Lipinski definition) is 1. The molecule has 0 saturated carbocycles. The second-order valence-electron chi connectivity index (χ2n) is 4.84. The molecule has 0 aromatic heterocycles. The molecule has 1 aliphatic rings. The molecule has 1 heterocycles. The third-order valence-corrected chi connectivity index (χ3v) is 4.63. The Hall–Kier alpha value is -0.100. The number of ether oxygens (including phenoxy) is 1. The Bertz CT molecular complexity index is 408. The van der Waals surface area contributed by atoms with Gasteiger partial charge in [-0.15, -0.1) is 0 Å². The van der Waals surface area contributed by atoms with Gasteiger partial charge in [0.15, 0.2) is 0 Å². The average Bonchev–Trinajstić information content (AvgIpc) is 2.38. The van der Waals surface area contributed by atoms with Crippen molar-refractivity contribution in [3.05, 3.63) is 26.6 Å². The molecule has 0 bridgehead atoms. The lowest BCUT2D eigenvalue weighted by atomic mass is 10.1. The number of hydrogen-bond acceptors (Lipinski definition) is 3. The van der Waals surface area contributed by atoms with Crippen molar-refractivity contribution >= 4 is 31.9 Å². The van der Waals surface area contributed by atoms with Crippen LogP contribution in [0.5, 0.6) is 5.75 Å². The van der Waals surface area contributed by atoms with E-state index in [1.807, 2.05) is 12.1 Å². The Balaban J connectivity index is 1.92. The monoisotopic (exact) mass is 391 g/mol. The van der Waals surface area contributed by atoms with Crippen LogP contribution in [0.15, 0.2) is 21.1 Å². The summed E-state index contributed by atoms with van der Waals surface area (Å²) in [7, 11) is 0. The largest absolute Gasteiger partial charge is 0.506 e. The van der Waals surface area contributed by atoms with Crippen LogP contribution in [0.2, 0.25) is 0 Å². The summed E-state index contributed by atoms with van der Waals surface area (Å²) >= 11 is 6.75. The van der Waals surface area contributed by atoms with Gasteiger partial charge in [0, 0.05) is 26.2 Å². The lowest BCUT2D eigenvalue weighted by molar-refractivity contribution is 0.0125. The first-order valence-electron chi connectivity index (χ1n) is 6.61. The molecule has 1 aromatic rings. The van der Waals surface area contributed by atoms with Gasteiger partial charge in [-0.1, -0.05) is 0 Å². The van der Waals surface area contributed by atoms with Crippen LogP contribution in [0.25, 0.3) is 0 Å². The van der Waals surface area contributed by atoms with Gasteiger partial charge in [0.05, 0.1) is 15.0 Å². The summed E-state index contributed by atoms with van der Waals surface area (Å²) in [4.78, 5) is 2.43. The average molecular weight is 393 g/mol. The first-order chi connectivity index (χ1) is 9.10. The molecule has 0 spiro atoms. The van der Waals surface area contributed by atoms with Crippen LogP contribution < -0.4 is 0 Å². The van der Waals surface area contributed by atoms with Crippen LogP contribution >= 0.6 is 31.9 Å². The fourth-order valence-electron chi connectivity index (χ4n) is 2.44. The van der Waals surface area contributed by atoms with Gasteiger partial charge in [0.1, 0.15) is 5.75 Å². The minimum atomic E-state index is 0.263. The van der Waals surface area contributed by atoms with Gasteiger partial charge in [-0.25, -0.2) is 0 Å². The van der Waals surface area contributed by atoms with Crippen LogP contribution in [0.4, 0.5) is 0 Å². The van der Waals surface area contributed by atoms with Crippen molar-refractivity contribution in [2.24, 2.45) is 0 Å². The zero-order chi connectivity index (χ0) is 13.8. The molecular formula is C14H19Br2NO2. The number of likely N-dealkylation sites (tertiary alicyclic amines) is 1. The van der Waals surface area contributed by atoms with E-state index in [1.165, 1.54) is 5.56 Å². The second kappa shape index (κ2) is 7.07. The predicted octanol–water partition coefficient (Wildman–Crippen LogP) is 3.92. The van der Waals surface area contributed by atoms with Gasteiger partial charge >= 0.3 is 0 Å². The standard InChI is InChI=1S/C14H19Br2NO2/c1-2-19-11-3-5-17(6-4-11)9-10-7-12(15)14(18)13(16)8-10/h7-8,11,18H,2-6,9H2,1H3. The minimum absolute atomic E-state index is 0.263. The molecule has 1 fully saturated rings. The van der Waals surface area contributed by atoms with Crippen molar-refractivity contribution < 1.29 is 9.84 Å². The van der Waals surface area contributed by atoms with Crippen molar-refractivity contribution in [3.63, 3.8) is 0 Å². The Morgan fingerprint density at radius 3 is 2.37 bits per heavy atom. The highest BCUT2D eigenvalue weighted by Crippen LogP contribution is 2.33. The third kappa shape index (κ3) is 4.18. The molecular weight excluding hydrogens is 374 g/mol. The van der Waals surface area contributed by atoms with Gasteiger partial charge in [-0.05, 0) is 69.3 Å². The molecule has 0 aliphatic carbocycles. The van der Waals surface area contributed by atoms with E-state index in [1.54, 1.807) is 0 Å². The Kier molecular flexibility index (Phi) is 5.69. The van der Waals surface area contributed by atoms with Gasteiger partial charge in [-0.3, -0.25) is 4.90 Å². The summed E-state index contributed by atoms with van der Waals surface area (Å²) in [6.07, 6.45) is 2.64. The lowest BCUT2D eigenvalue weighted by Crippen LogP contribution is -2.36. The predicted molar refractivity (Wildman–Crippen MR) is 83.4 cm³/mol. The number of benzene rings is 1. The van der Waals surface area contributed by atoms with Crippen molar-refractivity contribution in [1.82, 2.24) is 4.90 Å². The molecule has 3 nitrogen and oxygen atoms in total. The van der Waals surface area contributed by atoms with E-state index in [9.17, 15) is 5.11 Å². The Morgan fingerprint density at radius 1 is 1.26 bits per heavy atom. The van der Waals surface area contributed by atoms with Crippen LogP contribution in [-0.4, -0.2) is 35.8 Å². The third-order valence-electron chi connectivity index (χ3n) is 3.42. The van der Waals surface area contributed by atoms with Gasteiger partial charge in [0.2, 0.25) is 0 Å². The highest BCUT2D eigenvalue weighted by atomic mass is 79.9. The fraction of sp³-hybridized carbons (Fsp3) is 0.571. The smallest absolute Gasteiger partial charge is 0.143 e. The summed E-state index contributed by atoms with van der Waals surface area (Å²) in [5.74, 6) is 0.263. The normalized spacial score (nSPS) is 17.8.